The zero-order valence-corrected chi connectivity index (χ0v) is 12.7. The summed E-state index contributed by atoms with van der Waals surface area (Å²) in [6.45, 7) is 0.692. The van der Waals surface area contributed by atoms with Crippen molar-refractivity contribution >= 4 is 11.9 Å². The fraction of sp³-hybridized carbons (Fsp3) is 0.833. The minimum atomic E-state index is -1.03. The van der Waals surface area contributed by atoms with Crippen LogP contribution < -0.4 is 11.5 Å². The lowest BCUT2D eigenvalue weighted by Gasteiger charge is -2.25. The van der Waals surface area contributed by atoms with E-state index in [0.29, 0.717) is 25.9 Å². The number of nitrogens with zero attached hydrogens (tertiary/aromatic N) is 2. The molecule has 0 aromatic carbocycles. The first-order chi connectivity index (χ1) is 9.33. The van der Waals surface area contributed by atoms with Crippen LogP contribution in [0.15, 0.2) is 0 Å². The van der Waals surface area contributed by atoms with Gasteiger partial charge in [0.25, 0.3) is 0 Å². The lowest BCUT2D eigenvalue weighted by atomic mass is 10.3. The smallest absolute Gasteiger partial charge is 0.419 e. The topological polar surface area (TPSA) is 111 Å². The van der Waals surface area contributed by atoms with Crippen LogP contribution in [0, 0.1) is 0 Å². The van der Waals surface area contributed by atoms with Gasteiger partial charge < -0.3 is 20.9 Å². The molecule has 0 spiro atoms. The summed E-state index contributed by atoms with van der Waals surface area (Å²) < 4.78 is 10.1. The zero-order valence-electron chi connectivity index (χ0n) is 12.7. The van der Waals surface area contributed by atoms with Crippen molar-refractivity contribution in [2.75, 3.05) is 41.3 Å². The van der Waals surface area contributed by atoms with Crippen LogP contribution >= 0.6 is 0 Å². The molecule has 0 bridgehead atoms. The number of carbonyl (C=O) groups is 2. The van der Waals surface area contributed by atoms with Crippen LogP contribution in [0.5, 0.6) is 0 Å². The number of ether oxygens (including phenoxy) is 2. The molecule has 0 saturated carbocycles. The summed E-state index contributed by atoms with van der Waals surface area (Å²) in [5.41, 5.74) is 10.8. The van der Waals surface area contributed by atoms with Gasteiger partial charge in [0.15, 0.2) is 12.5 Å². The normalized spacial score (nSPS) is 14.2. The van der Waals surface area contributed by atoms with E-state index >= 15 is 0 Å². The van der Waals surface area contributed by atoms with Gasteiger partial charge in [0.05, 0.1) is 0 Å². The molecule has 0 fully saturated rings. The van der Waals surface area contributed by atoms with Crippen molar-refractivity contribution in [2.45, 2.75) is 25.3 Å². The maximum atomic E-state index is 11.7. The van der Waals surface area contributed by atoms with Crippen LogP contribution in [0.2, 0.25) is 0 Å². The van der Waals surface area contributed by atoms with E-state index in [1.165, 1.54) is 0 Å². The first-order valence-electron chi connectivity index (χ1n) is 6.48. The third-order valence-corrected chi connectivity index (χ3v) is 2.63. The van der Waals surface area contributed by atoms with E-state index in [9.17, 15) is 9.59 Å². The van der Waals surface area contributed by atoms with E-state index in [4.69, 9.17) is 20.9 Å². The predicted octanol–water partition coefficient (Wildman–Crippen LogP) is -1.45. The lowest BCUT2D eigenvalue weighted by molar-refractivity contribution is -0.183. The molecule has 0 aliphatic rings. The molecule has 2 atom stereocenters. The fourth-order valence-corrected chi connectivity index (χ4v) is 1.47. The van der Waals surface area contributed by atoms with E-state index in [1.54, 1.807) is 38.0 Å². The molecular formula is C12H26N4O4. The maximum absolute atomic E-state index is 11.7. The Kier molecular flexibility index (Phi) is 9.06. The van der Waals surface area contributed by atoms with Crippen LogP contribution in [0.25, 0.3) is 0 Å². The van der Waals surface area contributed by atoms with Crippen LogP contribution in [0.3, 0.4) is 0 Å². The Balaban J connectivity index is 4.48. The van der Waals surface area contributed by atoms with Crippen LogP contribution in [0.4, 0.5) is 0 Å². The first-order valence-corrected chi connectivity index (χ1v) is 6.48. The quantitative estimate of drug-likeness (QED) is 0.317. The lowest BCUT2D eigenvalue weighted by Crippen LogP contribution is -2.40. The Morgan fingerprint density at radius 1 is 0.850 bits per heavy atom. The first kappa shape index (κ1) is 18.8. The van der Waals surface area contributed by atoms with Gasteiger partial charge in [-0.3, -0.25) is 9.80 Å². The Labute approximate surface area is 120 Å². The summed E-state index contributed by atoms with van der Waals surface area (Å²) in [7, 11) is 6.93. The van der Waals surface area contributed by atoms with E-state index in [-0.39, 0.29) is 0 Å². The molecule has 2 unspecified atom stereocenters. The average molecular weight is 290 g/mol. The number of esters is 2. The van der Waals surface area contributed by atoms with Crippen LogP contribution in [-0.4, -0.2) is 75.5 Å². The summed E-state index contributed by atoms with van der Waals surface area (Å²) in [5.74, 6) is -2.05. The van der Waals surface area contributed by atoms with Crippen molar-refractivity contribution < 1.29 is 19.1 Å². The molecule has 0 rings (SSSR count). The highest BCUT2D eigenvalue weighted by molar-refractivity contribution is 6.29. The SMILES string of the molecule is CN(C)C(CCN)OC(=O)C(=O)OC(CCN)N(C)C. The minimum Gasteiger partial charge on any atom is -0.438 e. The van der Waals surface area contributed by atoms with Crippen LogP contribution in [-0.2, 0) is 19.1 Å². The van der Waals surface area contributed by atoms with Crippen molar-refractivity contribution in [2.24, 2.45) is 11.5 Å². The molecule has 0 aliphatic carbocycles. The summed E-state index contributed by atoms with van der Waals surface area (Å²) in [5, 5.41) is 0. The molecule has 8 heteroatoms. The van der Waals surface area contributed by atoms with Gasteiger partial charge in [0, 0.05) is 12.8 Å². The van der Waals surface area contributed by atoms with Crippen molar-refractivity contribution in [3.05, 3.63) is 0 Å². The summed E-state index contributed by atoms with van der Waals surface area (Å²) in [6.07, 6.45) is -0.225. The standard InChI is InChI=1S/C12H26N4O4/c1-15(2)9(5-7-13)19-11(17)12(18)20-10(6-8-14)16(3)4/h9-10H,5-8,13-14H2,1-4H3. The van der Waals surface area contributed by atoms with Crippen molar-refractivity contribution in [3.8, 4) is 0 Å². The molecule has 0 heterocycles. The number of hydrogen-bond donors (Lipinski definition) is 2. The molecule has 8 nitrogen and oxygen atoms in total. The van der Waals surface area contributed by atoms with Crippen molar-refractivity contribution in [3.63, 3.8) is 0 Å². The summed E-state index contributed by atoms with van der Waals surface area (Å²) in [6, 6.07) is 0. The van der Waals surface area contributed by atoms with Gasteiger partial charge in [-0.2, -0.15) is 0 Å². The second kappa shape index (κ2) is 9.65. The molecular weight excluding hydrogens is 264 g/mol. The molecule has 0 aliphatic heterocycles. The van der Waals surface area contributed by atoms with Gasteiger partial charge in [-0.1, -0.05) is 0 Å². The van der Waals surface area contributed by atoms with Gasteiger partial charge in [-0.25, -0.2) is 9.59 Å². The Morgan fingerprint density at radius 3 is 1.35 bits per heavy atom. The van der Waals surface area contributed by atoms with E-state index < -0.39 is 24.4 Å². The molecule has 0 amide bonds. The van der Waals surface area contributed by atoms with Gasteiger partial charge in [0.1, 0.15) is 0 Å². The van der Waals surface area contributed by atoms with Gasteiger partial charge in [-0.15, -0.1) is 0 Å². The molecule has 0 aromatic rings. The number of rotatable bonds is 8. The summed E-state index contributed by atoms with van der Waals surface area (Å²) >= 11 is 0. The van der Waals surface area contributed by atoms with Crippen molar-refractivity contribution in [1.82, 2.24) is 9.80 Å². The Bertz CT molecular complexity index is 280. The molecule has 118 valence electrons. The van der Waals surface area contributed by atoms with Crippen molar-refractivity contribution in [1.29, 1.82) is 0 Å². The molecule has 20 heavy (non-hydrogen) atoms. The highest BCUT2D eigenvalue weighted by atomic mass is 16.6. The third-order valence-electron chi connectivity index (χ3n) is 2.63. The highest BCUT2D eigenvalue weighted by Gasteiger charge is 2.26. The molecule has 4 N–H and O–H groups in total. The van der Waals surface area contributed by atoms with Gasteiger partial charge >= 0.3 is 11.9 Å². The number of carbonyl (C=O) groups excluding carboxylic acids is 2. The molecule has 0 saturated heterocycles. The minimum absolute atomic E-state index is 0.346. The number of hydrogen-bond acceptors (Lipinski definition) is 8. The van der Waals surface area contributed by atoms with Gasteiger partial charge in [0.2, 0.25) is 0 Å². The predicted molar refractivity (Wildman–Crippen MR) is 74.5 cm³/mol. The average Bonchev–Trinajstić information content (AvgIpc) is 2.36. The fourth-order valence-electron chi connectivity index (χ4n) is 1.47. The largest absolute Gasteiger partial charge is 0.438 e. The molecule has 0 radical (unpaired) electrons. The summed E-state index contributed by atoms with van der Waals surface area (Å²) in [4.78, 5) is 26.7. The number of nitrogens with two attached hydrogens (primary N) is 2. The third kappa shape index (κ3) is 6.80. The maximum Gasteiger partial charge on any atom is 0.419 e. The van der Waals surface area contributed by atoms with E-state index in [2.05, 4.69) is 0 Å². The second-order valence-corrected chi connectivity index (χ2v) is 4.80. The van der Waals surface area contributed by atoms with E-state index in [1.807, 2.05) is 0 Å². The monoisotopic (exact) mass is 290 g/mol. The van der Waals surface area contributed by atoms with E-state index in [0.717, 1.165) is 0 Å². The van der Waals surface area contributed by atoms with Gasteiger partial charge in [-0.05, 0) is 41.3 Å². The zero-order chi connectivity index (χ0) is 15.7. The Hall–Kier alpha value is -1.22. The highest BCUT2D eigenvalue weighted by Crippen LogP contribution is 2.05. The second-order valence-electron chi connectivity index (χ2n) is 4.80. The Morgan fingerprint density at radius 2 is 1.15 bits per heavy atom. The van der Waals surface area contributed by atoms with Crippen LogP contribution in [0.1, 0.15) is 12.8 Å². The molecule has 0 aromatic heterocycles.